The fourth-order valence-electron chi connectivity index (χ4n) is 5.65. The Morgan fingerprint density at radius 3 is 2.06 bits per heavy atom. The minimum Gasteiger partial charge on any atom is -0.349 e. The molecular formula is C28H20ClNO5. The Hall–Kier alpha value is -3.61. The number of hydrogen-bond acceptors (Lipinski definition) is 5. The highest BCUT2D eigenvalue weighted by Crippen LogP contribution is 2.58. The van der Waals surface area contributed by atoms with E-state index in [1.54, 1.807) is 61.5 Å². The van der Waals surface area contributed by atoms with Crippen molar-refractivity contribution in [3.8, 4) is 0 Å². The van der Waals surface area contributed by atoms with Gasteiger partial charge in [0.15, 0.2) is 0 Å². The third-order valence-electron chi connectivity index (χ3n) is 7.40. The van der Waals surface area contributed by atoms with Gasteiger partial charge in [-0.1, -0.05) is 71.8 Å². The number of hydrogen-bond donors (Lipinski definition) is 0. The quantitative estimate of drug-likeness (QED) is 0.390. The summed E-state index contributed by atoms with van der Waals surface area (Å²) >= 11 is 6.29. The minimum absolute atomic E-state index is 0.207. The smallest absolute Gasteiger partial charge is 0.241 e. The highest BCUT2D eigenvalue weighted by molar-refractivity contribution is 6.37. The van der Waals surface area contributed by atoms with Crippen molar-refractivity contribution in [2.24, 2.45) is 11.8 Å². The van der Waals surface area contributed by atoms with E-state index >= 15 is 0 Å². The summed E-state index contributed by atoms with van der Waals surface area (Å²) in [6.07, 6.45) is -0.941. The van der Waals surface area contributed by atoms with Gasteiger partial charge in [0, 0.05) is 16.1 Å². The summed E-state index contributed by atoms with van der Waals surface area (Å²) in [5.74, 6) is -4.61. The summed E-state index contributed by atoms with van der Waals surface area (Å²) in [5, 5.41) is 0.404. The average Bonchev–Trinajstić information content (AvgIpc) is 3.42. The summed E-state index contributed by atoms with van der Waals surface area (Å²) in [5.41, 5.74) is 0.864. The van der Waals surface area contributed by atoms with Crippen LogP contribution in [0.15, 0.2) is 66.7 Å². The molecule has 3 aromatic rings. The first-order valence-electron chi connectivity index (χ1n) is 11.3. The summed E-state index contributed by atoms with van der Waals surface area (Å²) in [7, 11) is 0. The minimum atomic E-state index is -2.09. The average molecular weight is 486 g/mol. The molecule has 2 fully saturated rings. The fraction of sp³-hybridized carbons (Fsp3) is 0.214. The molecule has 3 atom stereocenters. The van der Waals surface area contributed by atoms with E-state index in [2.05, 4.69) is 0 Å². The van der Waals surface area contributed by atoms with Gasteiger partial charge < -0.3 is 4.74 Å². The number of ketones is 2. The molecule has 2 heterocycles. The highest BCUT2D eigenvalue weighted by Gasteiger charge is 2.74. The van der Waals surface area contributed by atoms with E-state index in [0.717, 1.165) is 10.5 Å². The van der Waals surface area contributed by atoms with Crippen LogP contribution in [0.2, 0.25) is 5.02 Å². The van der Waals surface area contributed by atoms with Crippen LogP contribution in [0.3, 0.4) is 0 Å². The molecule has 0 unspecified atom stereocenters. The molecule has 1 spiro atoms. The molecule has 0 bridgehead atoms. The van der Waals surface area contributed by atoms with E-state index in [-0.39, 0.29) is 11.1 Å². The van der Waals surface area contributed by atoms with Gasteiger partial charge in [-0.25, -0.2) is 4.90 Å². The Labute approximate surface area is 206 Å². The van der Waals surface area contributed by atoms with Crippen LogP contribution in [0.4, 0.5) is 5.69 Å². The maximum Gasteiger partial charge on any atom is 0.241 e. The first kappa shape index (κ1) is 21.9. The van der Waals surface area contributed by atoms with Gasteiger partial charge in [0.2, 0.25) is 29.0 Å². The fourth-order valence-corrected chi connectivity index (χ4v) is 5.82. The predicted molar refractivity (Wildman–Crippen MR) is 129 cm³/mol. The summed E-state index contributed by atoms with van der Waals surface area (Å²) < 4.78 is 6.30. The van der Waals surface area contributed by atoms with Crippen molar-refractivity contribution in [2.75, 3.05) is 4.90 Å². The SMILES string of the molecule is Cc1ccc([C@@H]2OC3(C(=O)c4ccccc4C3=O)[C@H]3C(=O)N(c4cccc(Cl)c4C)C(=O)[C@@H]23)cc1. The molecule has 0 N–H and O–H groups in total. The summed E-state index contributed by atoms with van der Waals surface area (Å²) in [6.45, 7) is 3.65. The molecule has 1 aliphatic carbocycles. The Kier molecular flexibility index (Phi) is 4.66. The lowest BCUT2D eigenvalue weighted by Crippen LogP contribution is -2.51. The molecule has 35 heavy (non-hydrogen) atoms. The Morgan fingerprint density at radius 1 is 0.800 bits per heavy atom. The standard InChI is InChI=1S/C28H20ClNO5/c1-14-10-12-16(13-11-14)23-21-22(27(34)30(26(21)33)20-9-5-8-19(29)15(20)2)28(35-23)24(31)17-6-3-4-7-18(17)25(28)32/h3-13,21-23H,1-2H3/t21-,22-,23+/m1/s1. The number of ether oxygens (including phenoxy) is 1. The lowest BCUT2D eigenvalue weighted by molar-refractivity contribution is -0.127. The third-order valence-corrected chi connectivity index (χ3v) is 7.81. The van der Waals surface area contributed by atoms with Crippen molar-refractivity contribution < 1.29 is 23.9 Å². The van der Waals surface area contributed by atoms with Crippen LogP contribution in [0.25, 0.3) is 0 Å². The molecule has 0 radical (unpaired) electrons. The Balaban J connectivity index is 1.56. The van der Waals surface area contributed by atoms with Crippen LogP contribution in [0.5, 0.6) is 0 Å². The second-order valence-corrected chi connectivity index (χ2v) is 9.70. The number of carbonyl (C=O) groups is 4. The zero-order valence-corrected chi connectivity index (χ0v) is 19.7. The molecular weight excluding hydrogens is 466 g/mol. The van der Waals surface area contributed by atoms with E-state index in [0.29, 0.717) is 21.8 Å². The molecule has 6 nitrogen and oxygen atoms in total. The van der Waals surface area contributed by atoms with E-state index in [9.17, 15) is 19.2 Å². The van der Waals surface area contributed by atoms with Crippen LogP contribution in [0, 0.1) is 25.7 Å². The number of anilines is 1. The van der Waals surface area contributed by atoms with Crippen LogP contribution < -0.4 is 4.90 Å². The maximum atomic E-state index is 14.0. The topological polar surface area (TPSA) is 80.8 Å². The first-order chi connectivity index (χ1) is 16.8. The first-order valence-corrected chi connectivity index (χ1v) is 11.7. The molecule has 0 saturated carbocycles. The normalized spacial score (nSPS) is 24.4. The van der Waals surface area contributed by atoms with Gasteiger partial charge in [0.25, 0.3) is 0 Å². The molecule has 2 aliphatic heterocycles. The molecule has 174 valence electrons. The van der Waals surface area contributed by atoms with E-state index in [4.69, 9.17) is 16.3 Å². The zero-order chi connectivity index (χ0) is 24.6. The van der Waals surface area contributed by atoms with Gasteiger partial charge in [0.1, 0.15) is 0 Å². The van der Waals surface area contributed by atoms with E-state index in [1.165, 1.54) is 0 Å². The predicted octanol–water partition coefficient (Wildman–Crippen LogP) is 4.65. The molecule has 3 aromatic carbocycles. The number of Topliss-reactive ketones (excluding diaryl/α,β-unsaturated/α-hetero) is 2. The van der Waals surface area contributed by atoms with Crippen molar-refractivity contribution in [3.63, 3.8) is 0 Å². The van der Waals surface area contributed by atoms with Crippen molar-refractivity contribution in [1.29, 1.82) is 0 Å². The zero-order valence-electron chi connectivity index (χ0n) is 18.9. The molecule has 0 aromatic heterocycles. The lowest BCUT2D eigenvalue weighted by atomic mass is 9.77. The number of rotatable bonds is 2. The van der Waals surface area contributed by atoms with Crippen LogP contribution in [-0.4, -0.2) is 29.0 Å². The van der Waals surface area contributed by atoms with Crippen molar-refractivity contribution >= 4 is 40.7 Å². The molecule has 6 rings (SSSR count). The molecule has 7 heteroatoms. The van der Waals surface area contributed by atoms with Gasteiger partial charge in [-0.15, -0.1) is 0 Å². The second kappa shape index (κ2) is 7.44. The van der Waals surface area contributed by atoms with Gasteiger partial charge in [-0.3, -0.25) is 19.2 Å². The number of carbonyl (C=O) groups excluding carboxylic acids is 4. The Bertz CT molecular complexity index is 1430. The summed E-state index contributed by atoms with van der Waals surface area (Å²) in [6, 6.07) is 18.8. The van der Waals surface area contributed by atoms with Crippen LogP contribution in [0.1, 0.15) is 43.5 Å². The summed E-state index contributed by atoms with van der Waals surface area (Å²) in [4.78, 5) is 56.5. The molecule has 2 saturated heterocycles. The number of benzene rings is 3. The highest BCUT2D eigenvalue weighted by atomic mass is 35.5. The lowest BCUT2D eigenvalue weighted by Gasteiger charge is -2.28. The number of fused-ring (bicyclic) bond motifs is 3. The second-order valence-electron chi connectivity index (χ2n) is 9.29. The van der Waals surface area contributed by atoms with Crippen molar-refractivity contribution in [3.05, 3.63) is 99.6 Å². The van der Waals surface area contributed by atoms with Gasteiger partial charge in [-0.05, 0) is 37.1 Å². The van der Waals surface area contributed by atoms with Crippen molar-refractivity contribution in [2.45, 2.75) is 25.6 Å². The van der Waals surface area contributed by atoms with Crippen LogP contribution in [-0.2, 0) is 14.3 Å². The maximum absolute atomic E-state index is 14.0. The van der Waals surface area contributed by atoms with E-state index < -0.39 is 46.9 Å². The van der Waals surface area contributed by atoms with Gasteiger partial charge in [-0.2, -0.15) is 0 Å². The molecule has 3 aliphatic rings. The van der Waals surface area contributed by atoms with Gasteiger partial charge in [0.05, 0.1) is 23.6 Å². The molecule has 2 amide bonds. The van der Waals surface area contributed by atoms with Gasteiger partial charge >= 0.3 is 0 Å². The van der Waals surface area contributed by atoms with Crippen molar-refractivity contribution in [1.82, 2.24) is 0 Å². The number of halogens is 1. The number of amides is 2. The van der Waals surface area contributed by atoms with E-state index in [1.807, 2.05) is 19.1 Å². The third kappa shape index (κ3) is 2.75. The number of nitrogens with zero attached hydrogens (tertiary/aromatic N) is 1. The number of imide groups is 1. The number of aryl methyl sites for hydroxylation is 1. The Morgan fingerprint density at radius 2 is 1.43 bits per heavy atom. The van der Waals surface area contributed by atoms with Crippen LogP contribution >= 0.6 is 11.6 Å². The largest absolute Gasteiger partial charge is 0.349 e. The monoisotopic (exact) mass is 485 g/mol.